The largest absolute Gasteiger partial charge is 0.435 e. The second-order valence-electron chi connectivity index (χ2n) is 4.52. The molecule has 2 bridgehead atoms. The number of rotatable bonds is 0. The van der Waals surface area contributed by atoms with Crippen molar-refractivity contribution in [2.75, 3.05) is 13.2 Å². The fraction of sp³-hybridized carbons (Fsp3) is 0.700. The molecular weight excluding hydrogens is 262 g/mol. The van der Waals surface area contributed by atoms with Crippen LogP contribution in [0.2, 0.25) is 0 Å². The summed E-state index contributed by atoms with van der Waals surface area (Å²) in [6, 6.07) is 0. The molecule has 0 aromatic rings. The van der Waals surface area contributed by atoms with Gasteiger partial charge in [-0.2, -0.15) is 0 Å². The standard InChI is InChI=1S/C10H11NO8/c12-5-3-9(15)4-6(13)18-10(19-8(9)14)7(17-5)11-1-2-16-10/h7,11,15H,1-4H2. The molecule has 0 amide bonds. The molecule has 3 aliphatic heterocycles. The summed E-state index contributed by atoms with van der Waals surface area (Å²) in [4.78, 5) is 35.2. The lowest BCUT2D eigenvalue weighted by Crippen LogP contribution is -2.65. The van der Waals surface area contributed by atoms with Gasteiger partial charge in [0, 0.05) is 6.54 Å². The zero-order valence-electron chi connectivity index (χ0n) is 9.71. The molecule has 3 fully saturated rings. The van der Waals surface area contributed by atoms with E-state index in [4.69, 9.17) is 18.9 Å². The summed E-state index contributed by atoms with van der Waals surface area (Å²) in [5.41, 5.74) is -2.29. The van der Waals surface area contributed by atoms with Crippen molar-refractivity contribution in [2.45, 2.75) is 30.6 Å². The maximum absolute atomic E-state index is 11.9. The Morgan fingerprint density at radius 1 is 1.16 bits per heavy atom. The Balaban J connectivity index is 2.07. The van der Waals surface area contributed by atoms with E-state index in [1.54, 1.807) is 0 Å². The number of ether oxygens (including phenoxy) is 4. The van der Waals surface area contributed by atoms with Gasteiger partial charge in [0.1, 0.15) is 0 Å². The Morgan fingerprint density at radius 2 is 1.89 bits per heavy atom. The molecule has 104 valence electrons. The van der Waals surface area contributed by atoms with Crippen LogP contribution in [0.15, 0.2) is 0 Å². The number of nitrogens with one attached hydrogen (secondary N) is 1. The summed E-state index contributed by atoms with van der Waals surface area (Å²) in [6.07, 6.45) is -2.64. The number of hydrogen-bond acceptors (Lipinski definition) is 9. The van der Waals surface area contributed by atoms with Gasteiger partial charge in [0.25, 0.3) is 6.23 Å². The lowest BCUT2D eigenvalue weighted by molar-refractivity contribution is -0.395. The maximum Gasteiger partial charge on any atom is 0.430 e. The van der Waals surface area contributed by atoms with Gasteiger partial charge in [-0.05, 0) is 0 Å². The molecule has 3 unspecified atom stereocenters. The third kappa shape index (κ3) is 1.86. The number of fused-ring (bicyclic) bond motifs is 2. The van der Waals surface area contributed by atoms with Crippen molar-refractivity contribution in [3.05, 3.63) is 0 Å². The highest BCUT2D eigenvalue weighted by Crippen LogP contribution is 2.35. The molecule has 9 heteroatoms. The molecule has 3 saturated heterocycles. The number of morpholine rings is 1. The molecule has 1 spiro atoms. The second-order valence-corrected chi connectivity index (χ2v) is 4.52. The molecule has 0 aromatic heterocycles. The van der Waals surface area contributed by atoms with E-state index in [0.29, 0.717) is 6.54 Å². The van der Waals surface area contributed by atoms with Crippen LogP contribution in [-0.4, -0.2) is 54.0 Å². The average molecular weight is 273 g/mol. The quantitative estimate of drug-likeness (QED) is 0.471. The molecule has 0 aliphatic carbocycles. The lowest BCUT2D eigenvalue weighted by Gasteiger charge is -2.40. The average Bonchev–Trinajstić information content (AvgIpc) is 2.36. The summed E-state index contributed by atoms with van der Waals surface area (Å²) in [5.74, 6) is -5.10. The van der Waals surface area contributed by atoms with E-state index >= 15 is 0 Å². The number of aliphatic hydroxyl groups is 1. The lowest BCUT2D eigenvalue weighted by atomic mass is 9.96. The first-order valence-electron chi connectivity index (χ1n) is 5.68. The van der Waals surface area contributed by atoms with Crippen LogP contribution in [0.4, 0.5) is 0 Å². The Morgan fingerprint density at radius 3 is 2.68 bits per heavy atom. The minimum Gasteiger partial charge on any atom is -0.435 e. The van der Waals surface area contributed by atoms with Gasteiger partial charge in [-0.15, -0.1) is 0 Å². The van der Waals surface area contributed by atoms with Crippen LogP contribution in [0, 0.1) is 0 Å². The summed E-state index contributed by atoms with van der Waals surface area (Å²) in [7, 11) is 0. The van der Waals surface area contributed by atoms with Crippen molar-refractivity contribution in [1.29, 1.82) is 0 Å². The van der Waals surface area contributed by atoms with Crippen molar-refractivity contribution in [3.8, 4) is 0 Å². The zero-order valence-corrected chi connectivity index (χ0v) is 9.71. The van der Waals surface area contributed by atoms with Crippen LogP contribution in [-0.2, 0) is 33.3 Å². The highest BCUT2D eigenvalue weighted by Gasteiger charge is 2.62. The summed E-state index contributed by atoms with van der Waals surface area (Å²) in [6.45, 7) is 0.395. The van der Waals surface area contributed by atoms with Gasteiger partial charge in [0.05, 0.1) is 19.4 Å². The predicted molar refractivity (Wildman–Crippen MR) is 52.9 cm³/mol. The van der Waals surface area contributed by atoms with Gasteiger partial charge in [-0.25, -0.2) is 4.79 Å². The summed E-state index contributed by atoms with van der Waals surface area (Å²) in [5, 5.41) is 12.8. The number of esters is 3. The van der Waals surface area contributed by atoms with Crippen LogP contribution < -0.4 is 5.32 Å². The van der Waals surface area contributed by atoms with Gasteiger partial charge in [-0.3, -0.25) is 14.9 Å². The van der Waals surface area contributed by atoms with E-state index in [9.17, 15) is 19.5 Å². The first-order chi connectivity index (χ1) is 8.93. The van der Waals surface area contributed by atoms with E-state index in [2.05, 4.69) is 5.32 Å². The highest BCUT2D eigenvalue weighted by molar-refractivity contribution is 5.92. The minimum atomic E-state index is -2.29. The van der Waals surface area contributed by atoms with Gasteiger partial charge in [0.15, 0.2) is 5.60 Å². The van der Waals surface area contributed by atoms with Crippen LogP contribution in [0.25, 0.3) is 0 Å². The molecule has 3 heterocycles. The van der Waals surface area contributed by atoms with Crippen LogP contribution >= 0.6 is 0 Å². The topological polar surface area (TPSA) is 120 Å². The van der Waals surface area contributed by atoms with Gasteiger partial charge in [0.2, 0.25) is 0 Å². The first-order valence-corrected chi connectivity index (χ1v) is 5.68. The van der Waals surface area contributed by atoms with E-state index in [0.717, 1.165) is 0 Å². The van der Waals surface area contributed by atoms with Crippen molar-refractivity contribution >= 4 is 17.9 Å². The zero-order chi connectivity index (χ0) is 13.7. The Labute approximate surface area is 106 Å². The number of carbonyl (C=O) groups is 3. The molecule has 0 radical (unpaired) electrons. The third-order valence-corrected chi connectivity index (χ3v) is 3.05. The normalized spacial score (nSPS) is 42.2. The van der Waals surface area contributed by atoms with E-state index in [1.807, 2.05) is 0 Å². The fourth-order valence-corrected chi connectivity index (χ4v) is 2.16. The number of carbonyl (C=O) groups excluding carboxylic acids is 3. The van der Waals surface area contributed by atoms with E-state index in [1.165, 1.54) is 0 Å². The van der Waals surface area contributed by atoms with Crippen molar-refractivity contribution in [1.82, 2.24) is 5.32 Å². The predicted octanol–water partition coefficient (Wildman–Crippen LogP) is -2.25. The minimum absolute atomic E-state index is 0.0764. The summed E-state index contributed by atoms with van der Waals surface area (Å²) >= 11 is 0. The van der Waals surface area contributed by atoms with Gasteiger partial charge >= 0.3 is 23.9 Å². The molecule has 3 aliphatic rings. The molecule has 0 aromatic carbocycles. The molecule has 9 nitrogen and oxygen atoms in total. The SMILES string of the molecule is O=C1CC2(O)CC(=O)OC3(OCCNC3O1)OC2=O. The molecule has 19 heavy (non-hydrogen) atoms. The molecular formula is C10H11NO8. The Hall–Kier alpha value is -1.71. The van der Waals surface area contributed by atoms with Crippen molar-refractivity contribution in [3.63, 3.8) is 0 Å². The number of hydrogen-bond donors (Lipinski definition) is 2. The summed E-state index contributed by atoms with van der Waals surface area (Å²) < 4.78 is 20.0. The first kappa shape index (κ1) is 12.3. The van der Waals surface area contributed by atoms with Crippen LogP contribution in [0.5, 0.6) is 0 Å². The molecule has 0 saturated carbocycles. The smallest absolute Gasteiger partial charge is 0.430 e. The van der Waals surface area contributed by atoms with Gasteiger partial charge in [-0.1, -0.05) is 0 Å². The second kappa shape index (κ2) is 3.89. The van der Waals surface area contributed by atoms with Crippen LogP contribution in [0.3, 0.4) is 0 Å². The molecule has 3 rings (SSSR count). The van der Waals surface area contributed by atoms with Crippen molar-refractivity contribution in [2.24, 2.45) is 0 Å². The third-order valence-electron chi connectivity index (χ3n) is 3.05. The fourth-order valence-electron chi connectivity index (χ4n) is 2.16. The van der Waals surface area contributed by atoms with E-state index in [-0.39, 0.29) is 6.61 Å². The van der Waals surface area contributed by atoms with Crippen molar-refractivity contribution < 1.29 is 38.4 Å². The monoisotopic (exact) mass is 273 g/mol. The Kier molecular flexibility index (Phi) is 2.52. The molecule has 2 N–H and O–H groups in total. The van der Waals surface area contributed by atoms with Gasteiger partial charge < -0.3 is 24.1 Å². The maximum atomic E-state index is 11.9. The molecule has 3 atom stereocenters. The van der Waals surface area contributed by atoms with E-state index < -0.39 is 48.6 Å². The Bertz CT molecular complexity index is 460. The van der Waals surface area contributed by atoms with Crippen LogP contribution in [0.1, 0.15) is 12.8 Å². The highest BCUT2D eigenvalue weighted by atomic mass is 16.9.